The van der Waals surface area contributed by atoms with E-state index in [9.17, 15) is 0 Å². The monoisotopic (exact) mass is 290 g/mol. The molecule has 0 aromatic rings. The van der Waals surface area contributed by atoms with Crippen LogP contribution in [0.15, 0.2) is 69.6 Å². The van der Waals surface area contributed by atoms with E-state index in [4.69, 9.17) is 0 Å². The molecule has 8 nitrogen and oxygen atoms in total. The molecule has 0 radical (unpaired) electrons. The Balaban J connectivity index is 0.00000144. The molecular weight excluding hydrogens is 274 g/mol. The Morgan fingerprint density at radius 1 is 0.545 bits per heavy atom. The molecule has 0 aliphatic carbocycles. The molecule has 0 atom stereocenters. The van der Waals surface area contributed by atoms with E-state index in [1.165, 1.54) is 0 Å². The average molecular weight is 290 g/mol. The molecule has 4 aliphatic rings. The van der Waals surface area contributed by atoms with Gasteiger partial charge in [0.1, 0.15) is 26.2 Å². The van der Waals surface area contributed by atoms with Crippen LogP contribution < -0.4 is 18.9 Å². The van der Waals surface area contributed by atoms with Gasteiger partial charge >= 0.3 is 25.5 Å². The van der Waals surface area contributed by atoms with Gasteiger partial charge in [-0.3, -0.25) is 0 Å². The molecule has 0 saturated carbocycles. The van der Waals surface area contributed by atoms with E-state index >= 15 is 0 Å². The third-order valence-corrected chi connectivity index (χ3v) is 3.85. The van der Waals surface area contributed by atoms with Crippen molar-refractivity contribution in [2.75, 3.05) is 26.2 Å². The van der Waals surface area contributed by atoms with Crippen molar-refractivity contribution in [2.24, 2.45) is 20.5 Å². The summed E-state index contributed by atoms with van der Waals surface area (Å²) in [7, 11) is 0. The normalized spacial score (nSPS) is 21.8. The first-order valence-electron chi connectivity index (χ1n) is 7.10. The molecule has 4 aliphatic heterocycles. The number of hydrogen-bond acceptors (Lipinski definition) is 4. The van der Waals surface area contributed by atoms with Crippen LogP contribution in [0.1, 0.15) is 0 Å². The zero-order chi connectivity index (χ0) is 14.1. The van der Waals surface area contributed by atoms with Crippen LogP contribution in [0.3, 0.4) is 0 Å². The summed E-state index contributed by atoms with van der Waals surface area (Å²) in [5, 5.41) is 18.3. The van der Waals surface area contributed by atoms with Crippen LogP contribution in [-0.4, -0.2) is 51.3 Å². The summed E-state index contributed by atoms with van der Waals surface area (Å²) in [6, 6.07) is 0. The van der Waals surface area contributed by atoms with E-state index < -0.39 is 6.69 Å². The Bertz CT molecular complexity index is 602. The van der Waals surface area contributed by atoms with Gasteiger partial charge in [0.15, 0.2) is 24.8 Å². The maximum Gasteiger partial charge on any atom is 1.16 e. The fourth-order valence-electron chi connectivity index (χ4n) is 3.00. The largest absolute Gasteiger partial charge is 1.16 e. The van der Waals surface area contributed by atoms with Crippen LogP contribution >= 0.6 is 0 Å². The molecule has 0 saturated heterocycles. The summed E-state index contributed by atoms with van der Waals surface area (Å²) in [5.74, 6) is 0. The molecule has 0 N–H and O–H groups in total. The Labute approximate surface area is 140 Å². The number of nitrogens with zero attached hydrogens (tertiary/aromatic N) is 8. The van der Waals surface area contributed by atoms with Gasteiger partial charge in [-0.2, -0.15) is 0 Å². The van der Waals surface area contributed by atoms with E-state index in [0.29, 0.717) is 26.2 Å². The standard InChI is InChI=1S/C12H16BN8.Li/c1-5-14-18(9-1)13(19-10-2-6-15-19,20-11-3-7-16-20)21-12-4-8-17-21;/h1-4,9-12H,5-8H2;/q+3;+1. The molecule has 0 spiro atoms. The van der Waals surface area contributed by atoms with Crippen LogP contribution in [0.2, 0.25) is 0 Å². The van der Waals surface area contributed by atoms with E-state index in [-0.39, 0.29) is 18.9 Å². The van der Waals surface area contributed by atoms with E-state index in [0.717, 1.165) is 0 Å². The van der Waals surface area contributed by atoms with Gasteiger partial charge < -0.3 is 0 Å². The van der Waals surface area contributed by atoms with E-state index in [1.807, 2.05) is 67.5 Å². The van der Waals surface area contributed by atoms with Crippen LogP contribution in [0.4, 0.5) is 0 Å². The van der Waals surface area contributed by atoms with E-state index in [2.05, 4.69) is 20.5 Å². The molecule has 4 heterocycles. The molecule has 4 rings (SSSR count). The van der Waals surface area contributed by atoms with Crippen LogP contribution in [-0.2, 0) is 0 Å². The average Bonchev–Trinajstić information content (AvgIpc) is 3.32. The summed E-state index contributed by atoms with van der Waals surface area (Å²) in [6.07, 6.45) is 16.0. The SMILES string of the molecule is C1=C[N+]([B-]([N+]2=NCC=C2)([N+]2=NCC=C2)[N+]2=NCC=C2)=NC1.[Li+]. The molecule has 0 bridgehead atoms. The summed E-state index contributed by atoms with van der Waals surface area (Å²) in [6.45, 7) is 0.943. The Hall–Kier alpha value is -1.98. The van der Waals surface area contributed by atoms with Gasteiger partial charge in [-0.25, -0.2) is 0 Å². The predicted molar refractivity (Wildman–Crippen MR) is 72.5 cm³/mol. The molecule has 10 heteroatoms. The summed E-state index contributed by atoms with van der Waals surface area (Å²) in [4.78, 5) is 0. The second-order valence-electron chi connectivity index (χ2n) is 5.05. The first-order chi connectivity index (χ1) is 10.4. The van der Waals surface area contributed by atoms with Gasteiger partial charge in [0.2, 0.25) is 0 Å². The van der Waals surface area contributed by atoms with Gasteiger partial charge in [-0.15, -0.1) is 0 Å². The zero-order valence-corrected chi connectivity index (χ0v) is 12.6. The second-order valence-corrected chi connectivity index (χ2v) is 5.05. The molecule has 0 fully saturated rings. The van der Waals surface area contributed by atoms with Gasteiger partial charge in [0, 0.05) is 24.3 Å². The molecule has 0 unspecified atom stereocenters. The molecule has 104 valence electrons. The first kappa shape index (κ1) is 14.9. The Morgan fingerprint density at radius 2 is 0.818 bits per heavy atom. The summed E-state index contributed by atoms with van der Waals surface area (Å²) < 4.78 is 7.71. The van der Waals surface area contributed by atoms with Crippen LogP contribution in [0.25, 0.3) is 0 Å². The zero-order valence-electron chi connectivity index (χ0n) is 12.6. The minimum absolute atomic E-state index is 0. The van der Waals surface area contributed by atoms with Crippen molar-refractivity contribution >= 4 is 6.69 Å². The van der Waals surface area contributed by atoms with Gasteiger partial charge in [0.05, 0.1) is 0 Å². The summed E-state index contributed by atoms with van der Waals surface area (Å²) >= 11 is 0. The first-order valence-corrected chi connectivity index (χ1v) is 7.10. The number of azo groups is 4. The maximum absolute atomic E-state index is 4.59. The van der Waals surface area contributed by atoms with Crippen molar-refractivity contribution in [3.63, 3.8) is 0 Å². The van der Waals surface area contributed by atoms with Crippen molar-refractivity contribution in [3.8, 4) is 0 Å². The van der Waals surface area contributed by atoms with Crippen molar-refractivity contribution in [2.45, 2.75) is 0 Å². The van der Waals surface area contributed by atoms with Crippen molar-refractivity contribution in [3.05, 3.63) is 49.1 Å². The Morgan fingerprint density at radius 3 is 1.00 bits per heavy atom. The third-order valence-electron chi connectivity index (χ3n) is 3.85. The second kappa shape index (κ2) is 6.03. The summed E-state index contributed by atoms with van der Waals surface area (Å²) in [5.41, 5.74) is 0. The topological polar surface area (TPSA) is 61.5 Å². The molecular formula is C12H16BLiN8+4. The molecule has 0 aromatic carbocycles. The fourth-order valence-corrected chi connectivity index (χ4v) is 3.00. The predicted octanol–water partition coefficient (Wildman–Crippen LogP) is -1.61. The van der Waals surface area contributed by atoms with Crippen LogP contribution in [0.5, 0.6) is 0 Å². The molecule has 22 heavy (non-hydrogen) atoms. The van der Waals surface area contributed by atoms with Gasteiger partial charge in [-0.05, 0) is 0 Å². The smallest absolute Gasteiger partial charge is 0.0821 e. The van der Waals surface area contributed by atoms with Gasteiger partial charge in [0.25, 0.3) is 0 Å². The minimum Gasteiger partial charge on any atom is -0.0821 e. The molecule has 0 amide bonds. The number of rotatable bonds is 4. The van der Waals surface area contributed by atoms with Crippen molar-refractivity contribution in [1.82, 2.24) is 0 Å². The van der Waals surface area contributed by atoms with Crippen molar-refractivity contribution < 1.29 is 37.3 Å². The third kappa shape index (κ3) is 2.09. The van der Waals surface area contributed by atoms with Crippen LogP contribution in [0, 0.1) is 0 Å². The van der Waals surface area contributed by atoms with E-state index in [1.54, 1.807) is 0 Å². The fraction of sp³-hybridized carbons (Fsp3) is 0.333. The van der Waals surface area contributed by atoms with Gasteiger partial charge in [-0.1, -0.05) is 38.9 Å². The quantitative estimate of drug-likeness (QED) is 0.560. The molecule has 0 aromatic heterocycles. The number of hydrogen-bond donors (Lipinski definition) is 0. The Kier molecular flexibility index (Phi) is 4.09. The van der Waals surface area contributed by atoms with Crippen molar-refractivity contribution in [1.29, 1.82) is 0 Å². The maximum atomic E-state index is 4.59. The minimum atomic E-state index is -1.71.